The van der Waals surface area contributed by atoms with E-state index in [0.717, 1.165) is 16.0 Å². The SMILES string of the molecule is CC(=O)c1ncc(Oc2ccc(C(C)(C)c3ccc(C(=O)C(=O)Nc4ccc5c(c4)C(=O)N(C4CCC(=O)NC4=O)C5=O)cc3)cc2)cn1. The van der Waals surface area contributed by atoms with Gasteiger partial charge in [0.05, 0.1) is 23.5 Å². The van der Waals surface area contributed by atoms with E-state index in [4.69, 9.17) is 4.74 Å². The second kappa shape index (κ2) is 12.7. The van der Waals surface area contributed by atoms with Gasteiger partial charge in [0.2, 0.25) is 11.8 Å². The van der Waals surface area contributed by atoms with Crippen LogP contribution in [0.3, 0.4) is 0 Å². The number of ketones is 2. The minimum Gasteiger partial charge on any atom is -0.454 e. The van der Waals surface area contributed by atoms with Gasteiger partial charge in [-0.05, 0) is 47.9 Å². The van der Waals surface area contributed by atoms with E-state index in [-0.39, 0.29) is 46.8 Å². The summed E-state index contributed by atoms with van der Waals surface area (Å²) in [5, 5.41) is 4.62. The molecule has 0 bridgehead atoms. The molecule has 1 unspecified atom stereocenters. The topological polar surface area (TPSA) is 182 Å². The van der Waals surface area contributed by atoms with E-state index in [1.54, 1.807) is 36.4 Å². The Bertz CT molecular complexity index is 2050. The Morgan fingerprint density at radius 1 is 0.837 bits per heavy atom. The molecule has 4 aromatic rings. The fourth-order valence-electron chi connectivity index (χ4n) is 5.70. The van der Waals surface area contributed by atoms with E-state index >= 15 is 0 Å². The molecule has 0 spiro atoms. The molecule has 0 aliphatic carbocycles. The molecular formula is C36H29N5O8. The molecule has 2 N–H and O–H groups in total. The number of amides is 5. The number of piperidine rings is 1. The maximum absolute atomic E-state index is 13.1. The summed E-state index contributed by atoms with van der Waals surface area (Å²) in [7, 11) is 0. The molecule has 49 heavy (non-hydrogen) atoms. The minimum atomic E-state index is -1.12. The molecule has 5 amide bonds. The van der Waals surface area contributed by atoms with Gasteiger partial charge in [-0.25, -0.2) is 9.97 Å². The molecule has 13 heteroatoms. The average molecular weight is 660 g/mol. The number of rotatable bonds is 9. The average Bonchev–Trinajstić information content (AvgIpc) is 3.33. The maximum Gasteiger partial charge on any atom is 0.296 e. The lowest BCUT2D eigenvalue weighted by molar-refractivity contribution is -0.136. The zero-order chi connectivity index (χ0) is 35.0. The Balaban J connectivity index is 1.10. The van der Waals surface area contributed by atoms with Crippen LogP contribution in [-0.4, -0.2) is 62.0 Å². The summed E-state index contributed by atoms with van der Waals surface area (Å²) in [5.41, 5.74) is 1.65. The fraction of sp³-hybridized carbons (Fsp3) is 0.194. The van der Waals surface area contributed by atoms with Gasteiger partial charge in [-0.2, -0.15) is 0 Å². The third-order valence-corrected chi connectivity index (χ3v) is 8.53. The van der Waals surface area contributed by atoms with Crippen LogP contribution in [0.2, 0.25) is 0 Å². The largest absolute Gasteiger partial charge is 0.454 e. The van der Waals surface area contributed by atoms with Crippen molar-refractivity contribution in [1.29, 1.82) is 0 Å². The molecule has 1 fully saturated rings. The Morgan fingerprint density at radius 3 is 2.06 bits per heavy atom. The summed E-state index contributed by atoms with van der Waals surface area (Å²) >= 11 is 0. The molecule has 13 nitrogen and oxygen atoms in total. The number of aromatic nitrogens is 2. The van der Waals surface area contributed by atoms with E-state index in [1.165, 1.54) is 37.5 Å². The first-order valence-electron chi connectivity index (χ1n) is 15.3. The van der Waals surface area contributed by atoms with Crippen LogP contribution in [-0.2, 0) is 19.8 Å². The van der Waals surface area contributed by atoms with Crippen molar-refractivity contribution >= 4 is 46.8 Å². The lowest BCUT2D eigenvalue weighted by Crippen LogP contribution is -2.54. The highest BCUT2D eigenvalue weighted by atomic mass is 16.5. The third kappa shape index (κ3) is 6.33. The predicted molar refractivity (Wildman–Crippen MR) is 173 cm³/mol. The lowest BCUT2D eigenvalue weighted by Gasteiger charge is -2.27. The second-order valence-electron chi connectivity index (χ2n) is 12.1. The number of ether oxygens (including phenoxy) is 1. The van der Waals surface area contributed by atoms with Crippen molar-refractivity contribution in [3.63, 3.8) is 0 Å². The number of nitrogens with one attached hydrogen (secondary N) is 2. The predicted octanol–water partition coefficient (Wildman–Crippen LogP) is 4.02. The molecule has 1 saturated heterocycles. The number of hydrogen-bond donors (Lipinski definition) is 2. The molecule has 246 valence electrons. The van der Waals surface area contributed by atoms with Crippen molar-refractivity contribution in [2.45, 2.75) is 45.1 Å². The van der Waals surface area contributed by atoms with E-state index < -0.39 is 46.8 Å². The molecule has 6 rings (SSSR count). The maximum atomic E-state index is 13.1. The second-order valence-corrected chi connectivity index (χ2v) is 12.1. The number of fused-ring (bicyclic) bond motifs is 1. The smallest absolute Gasteiger partial charge is 0.296 e. The minimum absolute atomic E-state index is 0.00802. The molecule has 1 aromatic heterocycles. The van der Waals surface area contributed by atoms with Gasteiger partial charge < -0.3 is 10.1 Å². The molecule has 3 aromatic carbocycles. The van der Waals surface area contributed by atoms with Crippen molar-refractivity contribution in [2.24, 2.45) is 0 Å². The molecule has 3 heterocycles. The first-order valence-corrected chi connectivity index (χ1v) is 15.3. The van der Waals surface area contributed by atoms with Crippen molar-refractivity contribution in [3.8, 4) is 11.5 Å². The Kier molecular flexibility index (Phi) is 8.42. The van der Waals surface area contributed by atoms with Crippen LogP contribution < -0.4 is 15.4 Å². The van der Waals surface area contributed by atoms with E-state index in [0.29, 0.717) is 11.5 Å². The summed E-state index contributed by atoms with van der Waals surface area (Å²) in [6.45, 7) is 5.41. The lowest BCUT2D eigenvalue weighted by atomic mass is 9.78. The fourth-order valence-corrected chi connectivity index (χ4v) is 5.70. The summed E-state index contributed by atoms with van der Waals surface area (Å²) in [5.74, 6) is -3.56. The normalized spacial score (nSPS) is 15.8. The van der Waals surface area contributed by atoms with Crippen molar-refractivity contribution < 1.29 is 38.3 Å². The van der Waals surface area contributed by atoms with Gasteiger partial charge in [-0.15, -0.1) is 0 Å². The van der Waals surface area contributed by atoms with Gasteiger partial charge in [0.15, 0.2) is 17.4 Å². The number of hydrogen-bond acceptors (Lipinski definition) is 10. The molecule has 1 atom stereocenters. The van der Waals surface area contributed by atoms with Crippen LogP contribution in [0.15, 0.2) is 79.1 Å². The number of Topliss-reactive ketones (excluding diaryl/α,β-unsaturated/α-hetero) is 2. The zero-order valence-corrected chi connectivity index (χ0v) is 26.6. The first kappa shape index (κ1) is 32.6. The van der Waals surface area contributed by atoms with Gasteiger partial charge in [0, 0.05) is 30.0 Å². The van der Waals surface area contributed by atoms with Crippen LogP contribution in [0.4, 0.5) is 5.69 Å². The summed E-state index contributed by atoms with van der Waals surface area (Å²) < 4.78 is 5.79. The first-order chi connectivity index (χ1) is 23.3. The highest BCUT2D eigenvalue weighted by Crippen LogP contribution is 2.34. The van der Waals surface area contributed by atoms with Crippen molar-refractivity contribution in [1.82, 2.24) is 20.2 Å². The molecule has 2 aliphatic rings. The molecular weight excluding hydrogens is 630 g/mol. The quantitative estimate of drug-likeness (QED) is 0.151. The van der Waals surface area contributed by atoms with E-state index in [1.807, 2.05) is 26.0 Å². The van der Waals surface area contributed by atoms with Crippen LogP contribution >= 0.6 is 0 Å². The van der Waals surface area contributed by atoms with E-state index in [9.17, 15) is 33.6 Å². The number of carbonyl (C=O) groups is 7. The Morgan fingerprint density at radius 2 is 1.45 bits per heavy atom. The highest BCUT2D eigenvalue weighted by Gasteiger charge is 2.44. The number of benzene rings is 3. The molecule has 0 saturated carbocycles. The van der Waals surface area contributed by atoms with Gasteiger partial charge in [0.1, 0.15) is 11.8 Å². The molecule has 2 aliphatic heterocycles. The number of anilines is 1. The molecule has 0 radical (unpaired) electrons. The monoisotopic (exact) mass is 659 g/mol. The third-order valence-electron chi connectivity index (χ3n) is 8.53. The summed E-state index contributed by atoms with van der Waals surface area (Å²) in [6, 6.07) is 17.0. The van der Waals surface area contributed by atoms with Crippen LogP contribution in [0.25, 0.3) is 0 Å². The van der Waals surface area contributed by atoms with Crippen LogP contribution in [0, 0.1) is 0 Å². The standard InChI is InChI=1S/C36H29N5O8/c1-19(42)31-37-17-25(18-38-31)49-24-11-8-22(9-12-24)36(2,3)21-6-4-20(5-7-21)30(44)33(46)39-23-10-13-26-27(16-23)35(48)41(34(26)47)28-14-15-29(43)40-32(28)45/h4-13,16-18,28H,14-15H2,1-3H3,(H,39,46)(H,40,43,45). The van der Waals surface area contributed by atoms with Crippen LogP contribution in [0.5, 0.6) is 11.5 Å². The summed E-state index contributed by atoms with van der Waals surface area (Å²) in [6.07, 6.45) is 2.87. The van der Waals surface area contributed by atoms with Crippen molar-refractivity contribution in [3.05, 3.63) is 113 Å². The summed E-state index contributed by atoms with van der Waals surface area (Å²) in [4.78, 5) is 96.0. The van der Waals surface area contributed by atoms with Gasteiger partial charge in [-0.1, -0.05) is 50.2 Å². The Labute approximate surface area is 279 Å². The van der Waals surface area contributed by atoms with Crippen molar-refractivity contribution in [2.75, 3.05) is 5.32 Å². The number of imide groups is 2. The Hall–Kier alpha value is -6.37. The van der Waals surface area contributed by atoms with Gasteiger partial charge in [-0.3, -0.25) is 43.8 Å². The highest BCUT2D eigenvalue weighted by molar-refractivity contribution is 6.46. The number of carbonyl (C=O) groups excluding carboxylic acids is 7. The van der Waals surface area contributed by atoms with Crippen LogP contribution in [0.1, 0.15) is 86.4 Å². The zero-order valence-electron chi connectivity index (χ0n) is 26.6. The number of nitrogens with zero attached hydrogens (tertiary/aromatic N) is 3. The van der Waals surface area contributed by atoms with E-state index in [2.05, 4.69) is 20.6 Å². The van der Waals surface area contributed by atoms with Gasteiger partial charge in [0.25, 0.3) is 23.5 Å². The van der Waals surface area contributed by atoms with Gasteiger partial charge >= 0.3 is 0 Å².